The minimum absolute atomic E-state index is 0.0104. The van der Waals surface area contributed by atoms with Crippen molar-refractivity contribution in [2.45, 2.75) is 13.0 Å². The van der Waals surface area contributed by atoms with Gasteiger partial charge in [-0.3, -0.25) is 4.79 Å². The molecule has 0 aromatic heterocycles. The van der Waals surface area contributed by atoms with E-state index >= 15 is 0 Å². The smallest absolute Gasteiger partial charge is 0.225 e. The molecular weight excluding hydrogens is 264 g/mol. The molecule has 2 aromatic rings. The van der Waals surface area contributed by atoms with Gasteiger partial charge in [-0.15, -0.1) is 0 Å². The topological polar surface area (TPSA) is 50.4 Å². The maximum Gasteiger partial charge on any atom is 0.225 e. The van der Waals surface area contributed by atoms with E-state index in [1.54, 1.807) is 13.2 Å². The monoisotopic (exact) mass is 284 g/mol. The van der Waals surface area contributed by atoms with Gasteiger partial charge in [-0.25, -0.2) is 0 Å². The SMILES string of the molecule is COc1cccc(NC(=O)CCNCc2ccccc2)c1. The van der Waals surface area contributed by atoms with Crippen LogP contribution in [-0.4, -0.2) is 19.6 Å². The number of nitrogens with one attached hydrogen (secondary N) is 2. The fourth-order valence-electron chi connectivity index (χ4n) is 1.95. The molecule has 0 radical (unpaired) electrons. The van der Waals surface area contributed by atoms with Crippen molar-refractivity contribution >= 4 is 11.6 Å². The highest BCUT2D eigenvalue weighted by atomic mass is 16.5. The van der Waals surface area contributed by atoms with Crippen LogP contribution >= 0.6 is 0 Å². The molecule has 0 aliphatic heterocycles. The number of ether oxygens (including phenoxy) is 1. The predicted molar refractivity (Wildman–Crippen MR) is 84.4 cm³/mol. The fourth-order valence-corrected chi connectivity index (χ4v) is 1.95. The molecule has 0 saturated heterocycles. The number of hydrogen-bond donors (Lipinski definition) is 2. The lowest BCUT2D eigenvalue weighted by molar-refractivity contribution is -0.116. The van der Waals surface area contributed by atoms with Crippen molar-refractivity contribution in [1.29, 1.82) is 0 Å². The first-order chi connectivity index (χ1) is 10.3. The molecule has 0 atom stereocenters. The van der Waals surface area contributed by atoms with Crippen LogP contribution < -0.4 is 15.4 Å². The van der Waals surface area contributed by atoms with Crippen LogP contribution in [0.2, 0.25) is 0 Å². The highest BCUT2D eigenvalue weighted by molar-refractivity contribution is 5.90. The zero-order valence-corrected chi connectivity index (χ0v) is 12.1. The summed E-state index contributed by atoms with van der Waals surface area (Å²) in [6, 6.07) is 17.5. The van der Waals surface area contributed by atoms with E-state index in [0.29, 0.717) is 13.0 Å². The average Bonchev–Trinajstić information content (AvgIpc) is 2.53. The maximum atomic E-state index is 11.8. The van der Waals surface area contributed by atoms with Gasteiger partial charge in [0.05, 0.1) is 7.11 Å². The molecule has 0 aliphatic rings. The van der Waals surface area contributed by atoms with Crippen molar-refractivity contribution in [1.82, 2.24) is 5.32 Å². The number of benzene rings is 2. The number of anilines is 1. The van der Waals surface area contributed by atoms with Gasteiger partial charge in [-0.2, -0.15) is 0 Å². The molecule has 4 nitrogen and oxygen atoms in total. The Morgan fingerprint density at radius 2 is 1.90 bits per heavy atom. The first-order valence-corrected chi connectivity index (χ1v) is 6.96. The van der Waals surface area contributed by atoms with Gasteiger partial charge in [-0.05, 0) is 17.7 Å². The van der Waals surface area contributed by atoms with Crippen molar-refractivity contribution in [3.63, 3.8) is 0 Å². The summed E-state index contributed by atoms with van der Waals surface area (Å²) in [5.41, 5.74) is 1.97. The Kier molecular flexibility index (Phi) is 5.79. The molecule has 2 rings (SSSR count). The van der Waals surface area contributed by atoms with Crippen molar-refractivity contribution in [3.8, 4) is 5.75 Å². The summed E-state index contributed by atoms with van der Waals surface area (Å²) < 4.78 is 5.12. The van der Waals surface area contributed by atoms with Crippen LogP contribution in [0.4, 0.5) is 5.69 Å². The third kappa shape index (κ3) is 5.28. The standard InChI is InChI=1S/C17H20N2O2/c1-21-16-9-5-8-15(12-16)19-17(20)10-11-18-13-14-6-3-2-4-7-14/h2-9,12,18H,10-11,13H2,1H3,(H,19,20). The van der Waals surface area contributed by atoms with E-state index in [-0.39, 0.29) is 5.91 Å². The van der Waals surface area contributed by atoms with Crippen LogP contribution in [0, 0.1) is 0 Å². The Bertz CT molecular complexity index is 570. The van der Waals surface area contributed by atoms with Gasteiger partial charge in [0.25, 0.3) is 0 Å². The Balaban J connectivity index is 1.70. The summed E-state index contributed by atoms with van der Waals surface area (Å²) in [5, 5.41) is 6.11. The number of methoxy groups -OCH3 is 1. The second-order valence-corrected chi connectivity index (χ2v) is 4.69. The maximum absolute atomic E-state index is 11.8. The van der Waals surface area contributed by atoms with Gasteiger partial charge >= 0.3 is 0 Å². The summed E-state index contributed by atoms with van der Waals surface area (Å²) in [4.78, 5) is 11.8. The number of carbonyl (C=O) groups is 1. The summed E-state index contributed by atoms with van der Waals surface area (Å²) in [7, 11) is 1.61. The molecule has 0 unspecified atom stereocenters. The summed E-state index contributed by atoms with van der Waals surface area (Å²) in [6.45, 7) is 1.41. The van der Waals surface area contributed by atoms with Gasteiger partial charge in [-0.1, -0.05) is 36.4 Å². The molecule has 0 spiro atoms. The lowest BCUT2D eigenvalue weighted by Crippen LogP contribution is -2.21. The third-order valence-corrected chi connectivity index (χ3v) is 3.05. The first kappa shape index (κ1) is 15.1. The highest BCUT2D eigenvalue weighted by Crippen LogP contribution is 2.16. The van der Waals surface area contributed by atoms with Crippen LogP contribution in [0.1, 0.15) is 12.0 Å². The van der Waals surface area contributed by atoms with Gasteiger partial charge in [0.15, 0.2) is 0 Å². The second-order valence-electron chi connectivity index (χ2n) is 4.69. The van der Waals surface area contributed by atoms with E-state index in [0.717, 1.165) is 18.0 Å². The number of amides is 1. The largest absolute Gasteiger partial charge is 0.497 e. The van der Waals surface area contributed by atoms with Crippen LogP contribution in [0.15, 0.2) is 54.6 Å². The lowest BCUT2D eigenvalue weighted by atomic mass is 10.2. The molecule has 4 heteroatoms. The molecule has 0 heterocycles. The zero-order valence-electron chi connectivity index (χ0n) is 12.1. The van der Waals surface area contributed by atoms with Crippen LogP contribution in [0.3, 0.4) is 0 Å². The Morgan fingerprint density at radius 3 is 2.67 bits per heavy atom. The minimum atomic E-state index is -0.0104. The molecular formula is C17H20N2O2. The van der Waals surface area contributed by atoms with Gasteiger partial charge < -0.3 is 15.4 Å². The van der Waals surface area contributed by atoms with E-state index in [2.05, 4.69) is 22.8 Å². The number of carbonyl (C=O) groups excluding carboxylic acids is 1. The molecule has 0 bridgehead atoms. The Morgan fingerprint density at radius 1 is 1.10 bits per heavy atom. The first-order valence-electron chi connectivity index (χ1n) is 6.96. The number of hydrogen-bond acceptors (Lipinski definition) is 3. The van der Waals surface area contributed by atoms with Gasteiger partial charge in [0, 0.05) is 31.3 Å². The van der Waals surface area contributed by atoms with E-state index in [4.69, 9.17) is 4.74 Å². The van der Waals surface area contributed by atoms with Crippen molar-refractivity contribution in [2.24, 2.45) is 0 Å². The van der Waals surface area contributed by atoms with E-state index in [1.165, 1.54) is 5.56 Å². The fraction of sp³-hybridized carbons (Fsp3) is 0.235. The molecule has 0 saturated carbocycles. The van der Waals surface area contributed by atoms with Crippen molar-refractivity contribution in [2.75, 3.05) is 19.0 Å². The Hall–Kier alpha value is -2.33. The minimum Gasteiger partial charge on any atom is -0.497 e. The van der Waals surface area contributed by atoms with Crippen LogP contribution in [0.25, 0.3) is 0 Å². The quantitative estimate of drug-likeness (QED) is 0.769. The second kappa shape index (κ2) is 8.07. The Labute approximate surface area is 125 Å². The van der Waals surface area contributed by atoms with Crippen LogP contribution in [-0.2, 0) is 11.3 Å². The normalized spacial score (nSPS) is 10.1. The molecule has 2 N–H and O–H groups in total. The molecule has 0 aliphatic carbocycles. The van der Waals surface area contributed by atoms with Crippen molar-refractivity contribution < 1.29 is 9.53 Å². The lowest BCUT2D eigenvalue weighted by Gasteiger charge is -2.08. The van der Waals surface area contributed by atoms with Crippen LogP contribution in [0.5, 0.6) is 5.75 Å². The predicted octanol–water partition coefficient (Wildman–Crippen LogP) is 2.81. The molecule has 110 valence electrons. The zero-order chi connectivity index (χ0) is 14.9. The number of rotatable bonds is 7. The summed E-state index contributed by atoms with van der Waals surface area (Å²) in [6.07, 6.45) is 0.435. The highest BCUT2D eigenvalue weighted by Gasteiger charge is 2.03. The van der Waals surface area contributed by atoms with E-state index in [1.807, 2.05) is 36.4 Å². The summed E-state index contributed by atoms with van der Waals surface area (Å²) >= 11 is 0. The molecule has 21 heavy (non-hydrogen) atoms. The molecule has 1 amide bonds. The average molecular weight is 284 g/mol. The molecule has 0 fully saturated rings. The van der Waals surface area contributed by atoms with E-state index in [9.17, 15) is 4.79 Å². The van der Waals surface area contributed by atoms with Gasteiger partial charge in [0.2, 0.25) is 5.91 Å². The third-order valence-electron chi connectivity index (χ3n) is 3.05. The molecule has 2 aromatic carbocycles. The van der Waals surface area contributed by atoms with Crippen molar-refractivity contribution in [3.05, 3.63) is 60.2 Å². The summed E-state index contributed by atoms with van der Waals surface area (Å²) in [5.74, 6) is 0.721. The van der Waals surface area contributed by atoms with E-state index < -0.39 is 0 Å². The van der Waals surface area contributed by atoms with Gasteiger partial charge in [0.1, 0.15) is 5.75 Å².